The predicted octanol–water partition coefficient (Wildman–Crippen LogP) is 3.37. The largest absolute Gasteiger partial charge is 0.375 e. The first-order valence-electron chi connectivity index (χ1n) is 5.15. The molecule has 2 N–H and O–H groups in total. The van der Waals surface area contributed by atoms with Crippen LogP contribution in [0.25, 0.3) is 0 Å². The van der Waals surface area contributed by atoms with E-state index in [0.29, 0.717) is 5.13 Å². The zero-order valence-corrected chi connectivity index (χ0v) is 10.8. The van der Waals surface area contributed by atoms with Gasteiger partial charge < -0.3 is 5.73 Å². The number of rotatable bonds is 4. The molecule has 0 aliphatic heterocycles. The number of thioether (sulfide) groups is 1. The third-order valence-electron chi connectivity index (χ3n) is 2.24. The van der Waals surface area contributed by atoms with Crippen LogP contribution in [0.2, 0.25) is 0 Å². The Bertz CT molecular complexity index is 451. The van der Waals surface area contributed by atoms with Crippen molar-refractivity contribution in [3.8, 4) is 0 Å². The molecule has 2 rings (SSSR count). The van der Waals surface area contributed by atoms with E-state index in [-0.39, 0.29) is 0 Å². The molecule has 0 radical (unpaired) electrons. The minimum absolute atomic E-state index is 0.666. The zero-order valence-electron chi connectivity index (χ0n) is 9.14. The lowest BCUT2D eigenvalue weighted by Gasteiger charge is -2.00. The van der Waals surface area contributed by atoms with Crippen LogP contribution < -0.4 is 5.73 Å². The predicted molar refractivity (Wildman–Crippen MR) is 72.1 cm³/mol. The van der Waals surface area contributed by atoms with Gasteiger partial charge in [0.1, 0.15) is 0 Å². The SMILES string of the molecule is Cc1nc(N)sc1SCCc1ccccc1. The second kappa shape index (κ2) is 5.37. The molecule has 0 aliphatic carbocycles. The summed E-state index contributed by atoms with van der Waals surface area (Å²) in [6.45, 7) is 2.01. The number of hydrogen-bond donors (Lipinski definition) is 1. The molecule has 0 saturated heterocycles. The molecule has 16 heavy (non-hydrogen) atoms. The van der Waals surface area contributed by atoms with Crippen LogP contribution >= 0.6 is 23.1 Å². The van der Waals surface area contributed by atoms with Gasteiger partial charge in [-0.05, 0) is 18.9 Å². The van der Waals surface area contributed by atoms with E-state index >= 15 is 0 Å². The Balaban J connectivity index is 1.87. The van der Waals surface area contributed by atoms with Crippen LogP contribution in [0.5, 0.6) is 0 Å². The third kappa shape index (κ3) is 3.00. The highest BCUT2D eigenvalue weighted by atomic mass is 32.2. The van der Waals surface area contributed by atoms with Crippen LogP contribution in [-0.4, -0.2) is 10.7 Å². The van der Waals surface area contributed by atoms with E-state index in [2.05, 4.69) is 29.2 Å². The molecule has 1 aromatic carbocycles. The first kappa shape index (κ1) is 11.5. The van der Waals surface area contributed by atoms with Crippen molar-refractivity contribution in [3.05, 3.63) is 41.6 Å². The fourth-order valence-electron chi connectivity index (χ4n) is 1.44. The second-order valence-electron chi connectivity index (χ2n) is 3.51. The van der Waals surface area contributed by atoms with E-state index in [1.165, 1.54) is 9.77 Å². The van der Waals surface area contributed by atoms with E-state index in [4.69, 9.17) is 5.73 Å². The number of nitrogens with two attached hydrogens (primary N) is 1. The second-order valence-corrected chi connectivity index (χ2v) is 5.90. The molecule has 1 heterocycles. The highest BCUT2D eigenvalue weighted by Gasteiger charge is 2.05. The van der Waals surface area contributed by atoms with Crippen LogP contribution in [0.15, 0.2) is 34.5 Å². The fourth-order valence-corrected chi connectivity index (χ4v) is 3.53. The number of aryl methyl sites for hydroxylation is 2. The number of benzene rings is 1. The molecule has 1 aromatic heterocycles. The lowest BCUT2D eigenvalue weighted by Crippen LogP contribution is -1.87. The maximum Gasteiger partial charge on any atom is 0.181 e. The Labute approximate surface area is 104 Å². The molecule has 2 nitrogen and oxygen atoms in total. The van der Waals surface area contributed by atoms with Crippen molar-refractivity contribution in [3.63, 3.8) is 0 Å². The Morgan fingerprint density at radius 1 is 1.31 bits per heavy atom. The highest BCUT2D eigenvalue weighted by Crippen LogP contribution is 2.30. The quantitative estimate of drug-likeness (QED) is 0.846. The van der Waals surface area contributed by atoms with Gasteiger partial charge in [-0.3, -0.25) is 0 Å². The summed E-state index contributed by atoms with van der Waals surface area (Å²) < 4.78 is 1.24. The van der Waals surface area contributed by atoms with Crippen molar-refractivity contribution in [2.24, 2.45) is 0 Å². The van der Waals surface area contributed by atoms with Gasteiger partial charge in [-0.15, -0.1) is 11.8 Å². The van der Waals surface area contributed by atoms with Crippen molar-refractivity contribution >= 4 is 28.2 Å². The molecule has 0 amide bonds. The van der Waals surface area contributed by atoms with Gasteiger partial charge in [0.15, 0.2) is 5.13 Å². The molecule has 84 valence electrons. The van der Waals surface area contributed by atoms with Crippen molar-refractivity contribution in [1.29, 1.82) is 0 Å². The molecule has 0 aliphatic rings. The van der Waals surface area contributed by atoms with Gasteiger partial charge in [0, 0.05) is 5.75 Å². The summed E-state index contributed by atoms with van der Waals surface area (Å²) in [5.74, 6) is 1.08. The number of nitrogen functional groups attached to an aromatic ring is 1. The summed E-state index contributed by atoms with van der Waals surface area (Å²) in [5, 5.41) is 0.666. The minimum atomic E-state index is 0.666. The highest BCUT2D eigenvalue weighted by molar-refractivity contribution is 8.01. The maximum absolute atomic E-state index is 5.66. The van der Waals surface area contributed by atoms with Crippen LogP contribution in [0.4, 0.5) is 5.13 Å². The number of anilines is 1. The van der Waals surface area contributed by atoms with Gasteiger partial charge in [0.25, 0.3) is 0 Å². The van der Waals surface area contributed by atoms with Crippen molar-refractivity contribution < 1.29 is 0 Å². The molecular formula is C12H14N2S2. The molecule has 0 unspecified atom stereocenters. The average Bonchev–Trinajstić information content (AvgIpc) is 2.59. The summed E-state index contributed by atoms with van der Waals surface area (Å²) in [4.78, 5) is 4.21. The maximum atomic E-state index is 5.66. The summed E-state index contributed by atoms with van der Waals surface area (Å²) in [6, 6.07) is 10.5. The Hall–Kier alpha value is -1.00. The van der Waals surface area contributed by atoms with Gasteiger partial charge in [0.2, 0.25) is 0 Å². The normalized spacial score (nSPS) is 10.6. The lowest BCUT2D eigenvalue weighted by atomic mass is 10.2. The number of aromatic nitrogens is 1. The molecule has 2 aromatic rings. The average molecular weight is 250 g/mol. The van der Waals surface area contributed by atoms with Crippen molar-refractivity contribution in [2.45, 2.75) is 17.6 Å². The van der Waals surface area contributed by atoms with Gasteiger partial charge >= 0.3 is 0 Å². The smallest absolute Gasteiger partial charge is 0.181 e. The fraction of sp³-hybridized carbons (Fsp3) is 0.250. The summed E-state index contributed by atoms with van der Waals surface area (Å²) in [6.07, 6.45) is 1.09. The van der Waals surface area contributed by atoms with Gasteiger partial charge in [-0.2, -0.15) is 0 Å². The molecule has 4 heteroatoms. The van der Waals surface area contributed by atoms with Gasteiger partial charge in [-0.25, -0.2) is 4.98 Å². The van der Waals surface area contributed by atoms with Crippen LogP contribution in [0, 0.1) is 6.92 Å². The van der Waals surface area contributed by atoms with Crippen LogP contribution in [-0.2, 0) is 6.42 Å². The first-order chi connectivity index (χ1) is 7.75. The Morgan fingerprint density at radius 3 is 2.69 bits per heavy atom. The van der Waals surface area contributed by atoms with Gasteiger partial charge in [0.05, 0.1) is 9.90 Å². The molecule has 0 fully saturated rings. The summed E-state index contributed by atoms with van der Waals surface area (Å²) >= 11 is 3.42. The number of nitrogens with zero attached hydrogens (tertiary/aromatic N) is 1. The molecular weight excluding hydrogens is 236 g/mol. The lowest BCUT2D eigenvalue weighted by molar-refractivity contribution is 1.15. The minimum Gasteiger partial charge on any atom is -0.375 e. The topological polar surface area (TPSA) is 38.9 Å². The van der Waals surface area contributed by atoms with E-state index in [0.717, 1.165) is 17.9 Å². The summed E-state index contributed by atoms with van der Waals surface area (Å²) in [5.41, 5.74) is 8.09. The first-order valence-corrected chi connectivity index (χ1v) is 6.95. The number of hydrogen-bond acceptors (Lipinski definition) is 4. The standard InChI is InChI=1S/C12H14N2S2/c1-9-11(16-12(13)14-9)15-8-7-10-5-3-2-4-6-10/h2-6H,7-8H2,1H3,(H2,13,14). The zero-order chi connectivity index (χ0) is 11.4. The monoisotopic (exact) mass is 250 g/mol. The summed E-state index contributed by atoms with van der Waals surface area (Å²) in [7, 11) is 0. The molecule has 0 saturated carbocycles. The Kier molecular flexibility index (Phi) is 3.85. The Morgan fingerprint density at radius 2 is 2.06 bits per heavy atom. The van der Waals surface area contributed by atoms with E-state index in [9.17, 15) is 0 Å². The van der Waals surface area contributed by atoms with Crippen molar-refractivity contribution in [1.82, 2.24) is 4.98 Å². The molecule has 0 spiro atoms. The third-order valence-corrected chi connectivity index (χ3v) is 4.59. The van der Waals surface area contributed by atoms with Crippen molar-refractivity contribution in [2.75, 3.05) is 11.5 Å². The van der Waals surface area contributed by atoms with E-state index in [1.54, 1.807) is 11.3 Å². The molecule has 0 atom stereocenters. The van der Waals surface area contributed by atoms with Gasteiger partial charge in [-0.1, -0.05) is 41.7 Å². The van der Waals surface area contributed by atoms with E-state index < -0.39 is 0 Å². The number of thiazole rings is 1. The van der Waals surface area contributed by atoms with Crippen LogP contribution in [0.1, 0.15) is 11.3 Å². The van der Waals surface area contributed by atoms with Crippen LogP contribution in [0.3, 0.4) is 0 Å². The van der Waals surface area contributed by atoms with E-state index in [1.807, 2.05) is 24.8 Å². The molecule has 0 bridgehead atoms.